The van der Waals surface area contributed by atoms with Gasteiger partial charge in [-0.05, 0) is 32.9 Å². The van der Waals surface area contributed by atoms with Crippen molar-refractivity contribution in [2.45, 2.75) is 27.2 Å². The maximum absolute atomic E-state index is 11.9. The van der Waals surface area contributed by atoms with E-state index in [2.05, 4.69) is 0 Å². The van der Waals surface area contributed by atoms with Crippen LogP contribution in [0.2, 0.25) is 0 Å². The quantitative estimate of drug-likeness (QED) is 0.765. The largest absolute Gasteiger partial charge is 0.340 e. The second kappa shape index (κ2) is 4.44. The lowest BCUT2D eigenvalue weighted by Gasteiger charge is -2.30. The van der Waals surface area contributed by atoms with Gasteiger partial charge < -0.3 is 4.84 Å². The molecule has 0 N–H and O–H groups in total. The highest BCUT2D eigenvalue weighted by Gasteiger charge is 2.30. The molecule has 0 spiro atoms. The number of para-hydroxylation sites is 1. The molecule has 0 saturated heterocycles. The molecule has 0 bridgehead atoms. The average Bonchev–Trinajstić information content (AvgIpc) is 2.32. The van der Waals surface area contributed by atoms with Crippen molar-refractivity contribution in [1.29, 1.82) is 0 Å². The number of hydrogen-bond donors (Lipinski definition) is 0. The van der Waals surface area contributed by atoms with E-state index in [1.54, 1.807) is 32.9 Å². The molecule has 1 aliphatic rings. The SMILES string of the molecule is CC(C)(C)C(=O)ON1CCC(=O)c2ccccc21. The molecule has 0 atom stereocenters. The van der Waals surface area contributed by atoms with Gasteiger partial charge in [-0.15, -0.1) is 0 Å². The molecule has 18 heavy (non-hydrogen) atoms. The third-order valence-corrected chi connectivity index (χ3v) is 2.82. The Kier molecular flexibility index (Phi) is 3.11. The van der Waals surface area contributed by atoms with E-state index in [4.69, 9.17) is 4.84 Å². The van der Waals surface area contributed by atoms with Gasteiger partial charge in [0.2, 0.25) is 0 Å². The van der Waals surface area contributed by atoms with Gasteiger partial charge in [-0.3, -0.25) is 4.79 Å². The highest BCUT2D eigenvalue weighted by molar-refractivity contribution is 6.03. The summed E-state index contributed by atoms with van der Waals surface area (Å²) >= 11 is 0. The molecule has 96 valence electrons. The summed E-state index contributed by atoms with van der Waals surface area (Å²) in [5.74, 6) is -0.208. The number of carbonyl (C=O) groups is 2. The van der Waals surface area contributed by atoms with Gasteiger partial charge in [0, 0.05) is 12.0 Å². The number of rotatable bonds is 1. The van der Waals surface area contributed by atoms with Crippen LogP contribution in [0.3, 0.4) is 0 Å². The molecular weight excluding hydrogens is 230 g/mol. The molecule has 0 amide bonds. The van der Waals surface area contributed by atoms with E-state index < -0.39 is 5.41 Å². The van der Waals surface area contributed by atoms with Crippen molar-refractivity contribution in [3.8, 4) is 0 Å². The molecule has 4 nitrogen and oxygen atoms in total. The first-order valence-electron chi connectivity index (χ1n) is 6.02. The van der Waals surface area contributed by atoms with Crippen LogP contribution in [0.1, 0.15) is 37.6 Å². The van der Waals surface area contributed by atoms with Gasteiger partial charge in [-0.1, -0.05) is 12.1 Å². The molecule has 0 aliphatic carbocycles. The summed E-state index contributed by atoms with van der Waals surface area (Å²) in [5.41, 5.74) is 0.730. The predicted octanol–water partition coefficient (Wildman–Crippen LogP) is 2.58. The number of carbonyl (C=O) groups excluding carboxylic acids is 2. The summed E-state index contributed by atoms with van der Waals surface area (Å²) in [7, 11) is 0. The number of hydrogen-bond acceptors (Lipinski definition) is 4. The fraction of sp³-hybridized carbons (Fsp3) is 0.429. The fourth-order valence-corrected chi connectivity index (χ4v) is 1.72. The molecule has 1 aromatic carbocycles. The number of nitrogens with zero attached hydrogens (tertiary/aromatic N) is 1. The number of fused-ring (bicyclic) bond motifs is 1. The second-order valence-electron chi connectivity index (χ2n) is 5.42. The van der Waals surface area contributed by atoms with Crippen LogP contribution >= 0.6 is 0 Å². The highest BCUT2D eigenvalue weighted by atomic mass is 16.7. The Bertz CT molecular complexity index is 488. The Morgan fingerprint density at radius 3 is 2.61 bits per heavy atom. The van der Waals surface area contributed by atoms with Gasteiger partial charge in [0.15, 0.2) is 5.78 Å². The third kappa shape index (κ3) is 2.37. The van der Waals surface area contributed by atoms with Crippen LogP contribution < -0.4 is 5.06 Å². The zero-order valence-corrected chi connectivity index (χ0v) is 10.9. The number of Topliss-reactive ketones (excluding diaryl/α,β-unsaturated/α-hetero) is 1. The molecule has 0 aromatic heterocycles. The standard InChI is InChI=1S/C14H17NO3/c1-14(2,3)13(17)18-15-9-8-12(16)10-6-4-5-7-11(10)15/h4-7H,8-9H2,1-3H3. The van der Waals surface area contributed by atoms with Crippen LogP contribution in [0.25, 0.3) is 0 Å². The molecule has 0 fully saturated rings. The maximum atomic E-state index is 11.9. The summed E-state index contributed by atoms with van der Waals surface area (Å²) < 4.78 is 0. The van der Waals surface area contributed by atoms with Crippen LogP contribution in [0, 0.1) is 5.41 Å². The van der Waals surface area contributed by atoms with Crippen LogP contribution in [0.5, 0.6) is 0 Å². The zero-order chi connectivity index (χ0) is 13.3. The summed E-state index contributed by atoms with van der Waals surface area (Å²) in [6.45, 7) is 5.82. The predicted molar refractivity (Wildman–Crippen MR) is 68.3 cm³/mol. The topological polar surface area (TPSA) is 46.6 Å². The van der Waals surface area contributed by atoms with E-state index >= 15 is 0 Å². The minimum atomic E-state index is -0.559. The van der Waals surface area contributed by atoms with Gasteiger partial charge in [0.25, 0.3) is 0 Å². The fourth-order valence-electron chi connectivity index (χ4n) is 1.72. The van der Waals surface area contributed by atoms with Gasteiger partial charge in [0.05, 0.1) is 17.6 Å². The van der Waals surface area contributed by atoms with Gasteiger partial charge in [-0.2, -0.15) is 0 Å². The van der Waals surface area contributed by atoms with Crippen LogP contribution in [0.4, 0.5) is 5.69 Å². The van der Waals surface area contributed by atoms with E-state index in [0.29, 0.717) is 24.2 Å². The van der Waals surface area contributed by atoms with Crippen molar-refractivity contribution >= 4 is 17.4 Å². The van der Waals surface area contributed by atoms with Crippen molar-refractivity contribution in [2.24, 2.45) is 5.41 Å². The Morgan fingerprint density at radius 1 is 1.28 bits per heavy atom. The minimum absolute atomic E-state index is 0.0913. The maximum Gasteiger partial charge on any atom is 0.337 e. The normalized spacial score (nSPS) is 15.3. The van der Waals surface area contributed by atoms with Gasteiger partial charge >= 0.3 is 5.97 Å². The van der Waals surface area contributed by atoms with Crippen molar-refractivity contribution in [2.75, 3.05) is 11.6 Å². The first-order chi connectivity index (χ1) is 8.39. The molecule has 1 aliphatic heterocycles. The van der Waals surface area contributed by atoms with Crippen molar-refractivity contribution in [3.05, 3.63) is 29.8 Å². The molecular formula is C14H17NO3. The van der Waals surface area contributed by atoms with Crippen molar-refractivity contribution in [1.82, 2.24) is 0 Å². The van der Waals surface area contributed by atoms with E-state index in [-0.39, 0.29) is 11.8 Å². The lowest BCUT2D eigenvalue weighted by molar-refractivity contribution is -0.154. The van der Waals surface area contributed by atoms with Crippen LogP contribution in [0.15, 0.2) is 24.3 Å². The molecule has 1 heterocycles. The Labute approximate surface area is 106 Å². The summed E-state index contributed by atoms with van der Waals surface area (Å²) in [4.78, 5) is 29.0. The molecule has 0 saturated carbocycles. The monoisotopic (exact) mass is 247 g/mol. The summed E-state index contributed by atoms with van der Waals surface area (Å²) in [6, 6.07) is 7.19. The summed E-state index contributed by atoms with van der Waals surface area (Å²) in [6.07, 6.45) is 0.369. The number of benzene rings is 1. The molecule has 4 heteroatoms. The van der Waals surface area contributed by atoms with E-state index in [0.717, 1.165) is 0 Å². The summed E-state index contributed by atoms with van der Waals surface area (Å²) in [5, 5.41) is 1.52. The molecule has 1 aromatic rings. The highest BCUT2D eigenvalue weighted by Crippen LogP contribution is 2.28. The Morgan fingerprint density at radius 2 is 1.94 bits per heavy atom. The lowest BCUT2D eigenvalue weighted by atomic mass is 9.97. The smallest absolute Gasteiger partial charge is 0.337 e. The number of ketones is 1. The average molecular weight is 247 g/mol. The zero-order valence-electron chi connectivity index (χ0n) is 10.9. The first-order valence-corrected chi connectivity index (χ1v) is 6.02. The second-order valence-corrected chi connectivity index (χ2v) is 5.42. The first kappa shape index (κ1) is 12.6. The molecule has 0 radical (unpaired) electrons. The minimum Gasteiger partial charge on any atom is -0.340 e. The number of anilines is 1. The molecule has 2 rings (SSSR count). The van der Waals surface area contributed by atoms with E-state index in [9.17, 15) is 9.59 Å². The van der Waals surface area contributed by atoms with Gasteiger partial charge in [-0.25, -0.2) is 9.86 Å². The lowest BCUT2D eigenvalue weighted by Crippen LogP contribution is -2.37. The van der Waals surface area contributed by atoms with E-state index in [1.807, 2.05) is 12.1 Å². The van der Waals surface area contributed by atoms with Crippen molar-refractivity contribution < 1.29 is 14.4 Å². The Balaban J connectivity index is 2.25. The van der Waals surface area contributed by atoms with Crippen LogP contribution in [-0.2, 0) is 9.63 Å². The van der Waals surface area contributed by atoms with Crippen LogP contribution in [-0.4, -0.2) is 18.3 Å². The Hall–Kier alpha value is -1.84. The van der Waals surface area contributed by atoms with Crippen molar-refractivity contribution in [3.63, 3.8) is 0 Å². The molecule has 0 unspecified atom stereocenters. The van der Waals surface area contributed by atoms with E-state index in [1.165, 1.54) is 5.06 Å². The van der Waals surface area contributed by atoms with Gasteiger partial charge in [0.1, 0.15) is 0 Å². The third-order valence-electron chi connectivity index (χ3n) is 2.82. The number of hydroxylamine groups is 1.